The SMILES string of the molecule is COC(=O)[C@@]12C=C(OC)C(=O)C(OC)(OC)[C@@H]1CC=CC2. The number of Topliss-reactive ketones (excluding diaryl/α,β-unsaturated/α-hetero) is 1. The maximum atomic E-state index is 12.6. The van der Waals surface area contributed by atoms with Gasteiger partial charge in [-0.1, -0.05) is 12.2 Å². The van der Waals surface area contributed by atoms with Crippen molar-refractivity contribution in [1.29, 1.82) is 0 Å². The first-order valence-corrected chi connectivity index (χ1v) is 6.67. The van der Waals surface area contributed by atoms with E-state index in [0.717, 1.165) is 0 Å². The van der Waals surface area contributed by atoms with E-state index in [1.54, 1.807) is 6.08 Å². The second-order valence-corrected chi connectivity index (χ2v) is 5.11. The van der Waals surface area contributed by atoms with Gasteiger partial charge in [-0.25, -0.2) is 0 Å². The summed E-state index contributed by atoms with van der Waals surface area (Å²) in [7, 11) is 5.48. The highest BCUT2D eigenvalue weighted by atomic mass is 16.7. The molecule has 0 N–H and O–H groups in total. The molecule has 0 aromatic rings. The number of ketones is 1. The van der Waals surface area contributed by atoms with Gasteiger partial charge in [-0.3, -0.25) is 9.59 Å². The minimum Gasteiger partial charge on any atom is -0.493 e. The van der Waals surface area contributed by atoms with Crippen LogP contribution in [0.1, 0.15) is 12.8 Å². The molecule has 6 heteroatoms. The van der Waals surface area contributed by atoms with Crippen molar-refractivity contribution < 1.29 is 28.5 Å². The number of carbonyl (C=O) groups excluding carboxylic acids is 2. The number of hydrogen-bond donors (Lipinski definition) is 0. The first kappa shape index (κ1) is 15.7. The maximum Gasteiger partial charge on any atom is 0.316 e. The lowest BCUT2D eigenvalue weighted by Crippen LogP contribution is -2.61. The lowest BCUT2D eigenvalue weighted by Gasteiger charge is -2.49. The van der Waals surface area contributed by atoms with Gasteiger partial charge in [0.05, 0.1) is 14.2 Å². The van der Waals surface area contributed by atoms with Crippen LogP contribution in [0.25, 0.3) is 0 Å². The Balaban J connectivity index is 2.69. The summed E-state index contributed by atoms with van der Waals surface area (Å²) in [6.45, 7) is 0. The van der Waals surface area contributed by atoms with Crippen molar-refractivity contribution in [3.8, 4) is 0 Å². The average Bonchev–Trinajstić information content (AvgIpc) is 2.54. The lowest BCUT2D eigenvalue weighted by atomic mass is 9.61. The highest BCUT2D eigenvalue weighted by Crippen LogP contribution is 2.52. The Morgan fingerprint density at radius 3 is 2.38 bits per heavy atom. The number of hydrogen-bond acceptors (Lipinski definition) is 6. The van der Waals surface area contributed by atoms with Crippen LogP contribution in [0.15, 0.2) is 24.0 Å². The zero-order chi connectivity index (χ0) is 15.7. The second kappa shape index (κ2) is 5.61. The minimum absolute atomic E-state index is 0.0515. The fraction of sp³-hybridized carbons (Fsp3) is 0.600. The predicted octanol–water partition coefficient (Wildman–Crippen LogP) is 1.21. The zero-order valence-electron chi connectivity index (χ0n) is 12.7. The first-order chi connectivity index (χ1) is 10.0. The first-order valence-electron chi connectivity index (χ1n) is 6.67. The Labute approximate surface area is 123 Å². The summed E-state index contributed by atoms with van der Waals surface area (Å²) in [6, 6.07) is 0. The van der Waals surface area contributed by atoms with Crippen molar-refractivity contribution in [2.24, 2.45) is 11.3 Å². The molecule has 0 bridgehead atoms. The zero-order valence-corrected chi connectivity index (χ0v) is 12.7. The summed E-state index contributed by atoms with van der Waals surface area (Å²) in [5.74, 6) is -2.87. The monoisotopic (exact) mass is 296 g/mol. The second-order valence-electron chi connectivity index (χ2n) is 5.11. The number of allylic oxidation sites excluding steroid dienone is 2. The Kier molecular flexibility index (Phi) is 4.20. The Bertz CT molecular complexity index is 502. The molecule has 21 heavy (non-hydrogen) atoms. The number of ether oxygens (including phenoxy) is 4. The molecule has 0 aromatic heterocycles. The molecule has 116 valence electrons. The van der Waals surface area contributed by atoms with Gasteiger partial charge in [0.2, 0.25) is 5.79 Å². The van der Waals surface area contributed by atoms with Crippen LogP contribution in [0.5, 0.6) is 0 Å². The highest BCUT2D eigenvalue weighted by Gasteiger charge is 2.63. The molecular formula is C15H20O6. The Morgan fingerprint density at radius 1 is 1.19 bits per heavy atom. The van der Waals surface area contributed by atoms with Crippen molar-refractivity contribution in [2.45, 2.75) is 18.6 Å². The van der Waals surface area contributed by atoms with E-state index in [-0.39, 0.29) is 5.76 Å². The highest BCUT2D eigenvalue weighted by molar-refractivity contribution is 6.03. The molecule has 2 atom stereocenters. The quantitative estimate of drug-likeness (QED) is 0.441. The van der Waals surface area contributed by atoms with E-state index in [2.05, 4.69) is 0 Å². The molecule has 0 aromatic carbocycles. The van der Waals surface area contributed by atoms with Crippen molar-refractivity contribution in [2.75, 3.05) is 28.4 Å². The van der Waals surface area contributed by atoms with Crippen LogP contribution in [0, 0.1) is 11.3 Å². The van der Waals surface area contributed by atoms with Gasteiger partial charge >= 0.3 is 5.97 Å². The lowest BCUT2D eigenvalue weighted by molar-refractivity contribution is -0.249. The molecule has 2 rings (SSSR count). The van der Waals surface area contributed by atoms with Crippen LogP contribution in [0.2, 0.25) is 0 Å². The maximum absolute atomic E-state index is 12.6. The topological polar surface area (TPSA) is 71.1 Å². The van der Waals surface area contributed by atoms with Gasteiger partial charge in [-0.15, -0.1) is 0 Å². The van der Waals surface area contributed by atoms with E-state index in [0.29, 0.717) is 12.8 Å². The summed E-state index contributed by atoms with van der Waals surface area (Å²) in [4.78, 5) is 25.1. The van der Waals surface area contributed by atoms with Gasteiger partial charge in [0, 0.05) is 20.1 Å². The summed E-state index contributed by atoms with van der Waals surface area (Å²) in [6.07, 6.45) is 6.22. The van der Waals surface area contributed by atoms with Crippen LogP contribution in [0.4, 0.5) is 0 Å². The van der Waals surface area contributed by atoms with Gasteiger partial charge in [0.15, 0.2) is 5.76 Å². The molecular weight excluding hydrogens is 276 g/mol. The van der Waals surface area contributed by atoms with Gasteiger partial charge in [0.1, 0.15) is 5.41 Å². The van der Waals surface area contributed by atoms with Crippen molar-refractivity contribution in [3.05, 3.63) is 24.0 Å². The van der Waals surface area contributed by atoms with Crippen molar-refractivity contribution in [1.82, 2.24) is 0 Å². The summed E-state index contributed by atoms with van der Waals surface area (Å²) >= 11 is 0. The molecule has 0 fully saturated rings. The van der Waals surface area contributed by atoms with Crippen molar-refractivity contribution >= 4 is 11.8 Å². The molecule has 0 radical (unpaired) electrons. The normalized spacial score (nSPS) is 30.4. The summed E-state index contributed by atoms with van der Waals surface area (Å²) in [5, 5.41) is 0. The van der Waals surface area contributed by atoms with E-state index in [9.17, 15) is 9.59 Å². The smallest absolute Gasteiger partial charge is 0.316 e. The van der Waals surface area contributed by atoms with E-state index in [1.165, 1.54) is 28.4 Å². The summed E-state index contributed by atoms with van der Waals surface area (Å²) < 4.78 is 21.0. The average molecular weight is 296 g/mol. The predicted molar refractivity (Wildman–Crippen MR) is 73.2 cm³/mol. The van der Waals surface area contributed by atoms with E-state index >= 15 is 0 Å². The summed E-state index contributed by atoms with van der Waals surface area (Å²) in [5.41, 5.74) is -1.03. The minimum atomic E-state index is -1.56. The number of fused-ring (bicyclic) bond motifs is 1. The fourth-order valence-corrected chi connectivity index (χ4v) is 3.33. The van der Waals surface area contributed by atoms with Crippen LogP contribution in [-0.2, 0) is 28.5 Å². The van der Waals surface area contributed by atoms with Gasteiger partial charge in [0.25, 0.3) is 5.78 Å². The van der Waals surface area contributed by atoms with Gasteiger partial charge < -0.3 is 18.9 Å². The van der Waals surface area contributed by atoms with E-state index < -0.39 is 28.9 Å². The number of rotatable bonds is 4. The Morgan fingerprint density at radius 2 is 1.86 bits per heavy atom. The third-order valence-corrected chi connectivity index (χ3v) is 4.40. The molecule has 0 spiro atoms. The number of esters is 1. The molecule has 0 saturated carbocycles. The van der Waals surface area contributed by atoms with Crippen LogP contribution < -0.4 is 0 Å². The van der Waals surface area contributed by atoms with E-state index in [1.807, 2.05) is 12.2 Å². The van der Waals surface area contributed by atoms with Crippen LogP contribution in [-0.4, -0.2) is 46.0 Å². The molecule has 6 nitrogen and oxygen atoms in total. The van der Waals surface area contributed by atoms with E-state index in [4.69, 9.17) is 18.9 Å². The third-order valence-electron chi connectivity index (χ3n) is 4.40. The molecule has 0 saturated heterocycles. The Hall–Kier alpha value is -1.66. The molecule has 2 aliphatic rings. The molecule has 0 amide bonds. The van der Waals surface area contributed by atoms with Crippen molar-refractivity contribution in [3.63, 3.8) is 0 Å². The van der Waals surface area contributed by atoms with Gasteiger partial charge in [-0.2, -0.15) is 0 Å². The largest absolute Gasteiger partial charge is 0.493 e. The molecule has 2 aliphatic carbocycles. The molecule has 0 unspecified atom stereocenters. The van der Waals surface area contributed by atoms with Gasteiger partial charge in [-0.05, 0) is 18.9 Å². The third kappa shape index (κ3) is 2.01. The standard InChI is InChI=1S/C15H20O6/c1-18-10-9-14(13(17)19-2)8-6-5-7-11(14)15(20-3,21-4)12(10)16/h5-6,9,11H,7-8H2,1-4H3/t11-,14+/m1/s1. The fourth-order valence-electron chi connectivity index (χ4n) is 3.33. The molecule has 0 heterocycles. The molecule has 0 aliphatic heterocycles. The number of carbonyl (C=O) groups is 2. The van der Waals surface area contributed by atoms with Crippen LogP contribution in [0.3, 0.4) is 0 Å². The van der Waals surface area contributed by atoms with Crippen LogP contribution >= 0.6 is 0 Å². The number of methoxy groups -OCH3 is 4.